The number of halogens is 1. The van der Waals surface area contributed by atoms with E-state index in [1.165, 1.54) is 0 Å². The van der Waals surface area contributed by atoms with E-state index < -0.39 is 6.62 Å². The Balaban J connectivity index is 4.88. The Hall–Kier alpha value is 0.867. The molecule has 0 aromatic carbocycles. The molecule has 0 radical (unpaired) electrons. The average molecular weight is 356 g/mol. The van der Waals surface area contributed by atoms with Crippen molar-refractivity contribution in [3.63, 3.8) is 0 Å². The minimum Gasteiger partial charge on any atom is -0.302 e. The fourth-order valence-corrected chi connectivity index (χ4v) is 12.3. The highest BCUT2D eigenvalue weighted by atomic mass is 127. The Morgan fingerprint density at radius 3 is 0.938 bits per heavy atom. The monoisotopic (exact) mass is 356 g/mol. The van der Waals surface area contributed by atoms with Gasteiger partial charge in [-0.3, -0.25) is 0 Å². The van der Waals surface area contributed by atoms with E-state index in [-0.39, 0.29) is 0 Å². The van der Waals surface area contributed by atoms with Crippen LogP contribution in [0.3, 0.4) is 0 Å². The summed E-state index contributed by atoms with van der Waals surface area (Å²) in [5, 5.41) is 0. The van der Waals surface area contributed by atoms with Gasteiger partial charge in [0.05, 0.1) is 0 Å². The summed E-state index contributed by atoms with van der Waals surface area (Å²) < 4.78 is 5.42. The number of hydrogen-bond donors (Lipinski definition) is 0. The largest absolute Gasteiger partial charge is 0.302 e. The molecule has 0 atom stereocenters. The van der Waals surface area contributed by atoms with E-state index >= 15 is 0 Å². The van der Waals surface area contributed by atoms with Crippen LogP contribution in [-0.4, -0.2) is 39.9 Å². The average Bonchev–Trinajstić information content (AvgIpc) is 1.99. The highest BCUT2D eigenvalue weighted by Gasteiger charge is 2.31. The zero-order valence-electron chi connectivity index (χ0n) is 12.2. The summed E-state index contributed by atoms with van der Waals surface area (Å²) in [5.74, 6) is 0. The molecule has 0 N–H and O–H groups in total. The van der Waals surface area contributed by atoms with Gasteiger partial charge >= 0.3 is 0 Å². The molecule has 2 nitrogen and oxygen atoms in total. The first-order valence-electron chi connectivity index (χ1n) is 6.39. The van der Waals surface area contributed by atoms with Gasteiger partial charge in [-0.2, -0.15) is 0 Å². The summed E-state index contributed by atoms with van der Waals surface area (Å²) in [6, 6.07) is 2.59. The minimum atomic E-state index is -1.03. The van der Waals surface area contributed by atoms with Crippen LogP contribution in [0.2, 0.25) is 0 Å². The molecule has 0 spiro atoms. The first-order valence-corrected chi connectivity index (χ1v) is 11.6. The van der Waals surface area contributed by atoms with Crippen molar-refractivity contribution < 1.29 is 0 Å². The molecule has 0 aliphatic rings. The van der Waals surface area contributed by atoms with Crippen LogP contribution in [-0.2, 0) is 0 Å². The summed E-state index contributed by atoms with van der Waals surface area (Å²) in [6.07, 6.45) is 0. The molecular formula is C12H29IN2Si. The molecular weight excluding hydrogens is 327 g/mol. The second-order valence-electron chi connectivity index (χ2n) is 5.58. The number of hydrogen-bond acceptors (Lipinski definition) is 2. The molecule has 0 saturated heterocycles. The third-order valence-corrected chi connectivity index (χ3v) is 10.1. The van der Waals surface area contributed by atoms with Gasteiger partial charge in [-0.25, -0.2) is 0 Å². The smallest absolute Gasteiger partial charge is 0.259 e. The van der Waals surface area contributed by atoms with E-state index in [1.807, 2.05) is 0 Å². The third kappa shape index (κ3) is 4.62. The summed E-state index contributed by atoms with van der Waals surface area (Å²) in [7, 11) is 0. The lowest BCUT2D eigenvalue weighted by Gasteiger charge is -2.43. The number of rotatable bonds is 6. The van der Waals surface area contributed by atoms with Crippen molar-refractivity contribution in [2.24, 2.45) is 0 Å². The van der Waals surface area contributed by atoms with Crippen molar-refractivity contribution in [2.45, 2.75) is 79.6 Å². The molecule has 0 fully saturated rings. The van der Waals surface area contributed by atoms with Crippen LogP contribution in [0.1, 0.15) is 55.4 Å². The third-order valence-electron chi connectivity index (χ3n) is 2.88. The first kappa shape index (κ1) is 16.9. The Kier molecular flexibility index (Phi) is 7.73. The molecule has 98 valence electrons. The zero-order chi connectivity index (χ0) is 13.0. The van der Waals surface area contributed by atoms with Gasteiger partial charge in [-0.05, 0) is 24.2 Å². The Labute approximate surface area is 117 Å². The van der Waals surface area contributed by atoms with E-state index in [0.29, 0.717) is 24.2 Å². The van der Waals surface area contributed by atoms with Gasteiger partial charge in [-0.15, -0.1) is 0 Å². The number of nitrogens with zero attached hydrogens (tertiary/aromatic N) is 2. The highest BCUT2D eigenvalue weighted by Crippen LogP contribution is 2.20. The van der Waals surface area contributed by atoms with Crippen molar-refractivity contribution in [1.29, 1.82) is 0 Å². The fourth-order valence-electron chi connectivity index (χ4n) is 2.33. The predicted octanol–water partition coefficient (Wildman–Crippen LogP) is 3.38. The molecule has 0 aliphatic heterocycles. The van der Waals surface area contributed by atoms with E-state index in [1.54, 1.807) is 0 Å². The Morgan fingerprint density at radius 2 is 0.812 bits per heavy atom. The maximum atomic E-state index is 2.72. The molecule has 0 rings (SSSR count). The maximum absolute atomic E-state index is 2.72. The Bertz CT molecular complexity index is 159. The van der Waals surface area contributed by atoms with Crippen LogP contribution >= 0.6 is 21.8 Å². The summed E-state index contributed by atoms with van der Waals surface area (Å²) in [6.45, 7) is 17.5. The van der Waals surface area contributed by atoms with Gasteiger partial charge < -0.3 is 9.13 Å². The standard InChI is InChI=1S/C12H29IN2Si/c1-9(2)14(10(3)4)16(13)15(11(5)6)12(7)8/h9-12,16H,1-8H3. The minimum absolute atomic E-state index is 0.647. The lowest BCUT2D eigenvalue weighted by molar-refractivity contribution is 0.236. The van der Waals surface area contributed by atoms with Gasteiger partial charge in [-0.1, -0.05) is 77.2 Å². The van der Waals surface area contributed by atoms with Crippen molar-refractivity contribution in [2.75, 3.05) is 0 Å². The van der Waals surface area contributed by atoms with Crippen LogP contribution in [0.4, 0.5) is 0 Å². The molecule has 16 heavy (non-hydrogen) atoms. The summed E-state index contributed by atoms with van der Waals surface area (Å²) in [4.78, 5) is 0. The van der Waals surface area contributed by atoms with Crippen LogP contribution in [0.15, 0.2) is 0 Å². The topological polar surface area (TPSA) is 6.48 Å². The van der Waals surface area contributed by atoms with Gasteiger partial charge in [0.25, 0.3) is 6.62 Å². The maximum Gasteiger partial charge on any atom is 0.259 e. The van der Waals surface area contributed by atoms with Crippen molar-refractivity contribution in [1.82, 2.24) is 9.13 Å². The lowest BCUT2D eigenvalue weighted by Crippen LogP contribution is -2.58. The van der Waals surface area contributed by atoms with Crippen LogP contribution in [0, 0.1) is 0 Å². The van der Waals surface area contributed by atoms with Crippen LogP contribution in [0.25, 0.3) is 0 Å². The molecule has 0 aliphatic carbocycles. The summed E-state index contributed by atoms with van der Waals surface area (Å²) in [5.41, 5.74) is 0. The second kappa shape index (κ2) is 7.33. The van der Waals surface area contributed by atoms with E-state index in [0.717, 1.165) is 0 Å². The molecule has 4 heteroatoms. The highest BCUT2D eigenvalue weighted by molar-refractivity contribution is 14.1. The molecule has 0 heterocycles. The first-order chi connectivity index (χ1) is 7.20. The molecule has 0 saturated carbocycles. The predicted molar refractivity (Wildman–Crippen MR) is 85.4 cm³/mol. The van der Waals surface area contributed by atoms with E-state index in [4.69, 9.17) is 0 Å². The zero-order valence-corrected chi connectivity index (χ0v) is 15.5. The molecule has 0 unspecified atom stereocenters. The van der Waals surface area contributed by atoms with Gasteiger partial charge in [0.1, 0.15) is 0 Å². The fraction of sp³-hybridized carbons (Fsp3) is 1.00. The molecule has 0 aromatic heterocycles. The van der Waals surface area contributed by atoms with E-state index in [2.05, 4.69) is 86.3 Å². The van der Waals surface area contributed by atoms with Gasteiger partial charge in [0.2, 0.25) is 0 Å². The molecule has 0 bridgehead atoms. The van der Waals surface area contributed by atoms with Gasteiger partial charge in [0.15, 0.2) is 0 Å². The SMILES string of the molecule is CC(C)N(C(C)C)[SiH](I)N(C(C)C)C(C)C. The Morgan fingerprint density at radius 1 is 0.625 bits per heavy atom. The van der Waals surface area contributed by atoms with Crippen LogP contribution < -0.4 is 0 Å². The van der Waals surface area contributed by atoms with Crippen molar-refractivity contribution in [3.8, 4) is 0 Å². The summed E-state index contributed by atoms with van der Waals surface area (Å²) >= 11 is 2.72. The lowest BCUT2D eigenvalue weighted by atomic mass is 10.3. The van der Waals surface area contributed by atoms with Crippen molar-refractivity contribution >= 4 is 28.4 Å². The quantitative estimate of drug-likeness (QED) is 0.409. The normalized spacial score (nSPS) is 13.5. The molecule has 0 aromatic rings. The van der Waals surface area contributed by atoms with E-state index in [9.17, 15) is 0 Å². The van der Waals surface area contributed by atoms with Crippen LogP contribution in [0.5, 0.6) is 0 Å². The molecule has 0 amide bonds. The van der Waals surface area contributed by atoms with Crippen molar-refractivity contribution in [3.05, 3.63) is 0 Å². The van der Waals surface area contributed by atoms with Gasteiger partial charge in [0, 0.05) is 0 Å². The second-order valence-corrected chi connectivity index (χ2v) is 10.7.